The van der Waals surface area contributed by atoms with E-state index in [4.69, 9.17) is 27.9 Å². The lowest BCUT2D eigenvalue weighted by atomic mass is 10.2. The van der Waals surface area contributed by atoms with Gasteiger partial charge in [0, 0.05) is 5.02 Å². The van der Waals surface area contributed by atoms with E-state index < -0.39 is 33.7 Å². The number of hydrogen-bond acceptors (Lipinski definition) is 4. The van der Waals surface area contributed by atoms with E-state index in [0.29, 0.717) is 6.07 Å². The maximum atomic E-state index is 12.9. The molecule has 2 N–H and O–H groups in total. The summed E-state index contributed by atoms with van der Waals surface area (Å²) in [6.45, 7) is 3.07. The van der Waals surface area contributed by atoms with E-state index in [1.807, 2.05) is 0 Å². The predicted molar refractivity (Wildman–Crippen MR) is 107 cm³/mol. The van der Waals surface area contributed by atoms with Crippen molar-refractivity contribution in [2.75, 3.05) is 11.9 Å². The number of carbonyl (C=O) groups excluding carboxylic acids is 1. The fraction of sp³-hybridized carbons (Fsp3) is 0.278. The van der Waals surface area contributed by atoms with Crippen LogP contribution in [0, 0.1) is 0 Å². The third kappa shape index (κ3) is 6.00. The van der Waals surface area contributed by atoms with E-state index in [-0.39, 0.29) is 33.0 Å². The standard InChI is InChI=1S/C18H17Cl2F3N2O4S/c1-3-29-15-7-5-12(19)9-16(15)30(27,28)25-10(2)17(26)24-14-8-11(18(21,22)23)4-6-13(14)20/h4-10,25H,3H2,1-2H3,(H,24,26). The third-order valence-electron chi connectivity index (χ3n) is 3.77. The van der Waals surface area contributed by atoms with Gasteiger partial charge in [0.15, 0.2) is 0 Å². The highest BCUT2D eigenvalue weighted by Crippen LogP contribution is 2.34. The molecule has 0 spiro atoms. The number of anilines is 1. The van der Waals surface area contributed by atoms with Gasteiger partial charge in [0.05, 0.1) is 28.9 Å². The van der Waals surface area contributed by atoms with Crippen LogP contribution in [0.1, 0.15) is 19.4 Å². The van der Waals surface area contributed by atoms with Crippen molar-refractivity contribution in [3.05, 3.63) is 52.0 Å². The van der Waals surface area contributed by atoms with Crippen molar-refractivity contribution < 1.29 is 31.1 Å². The molecule has 0 aromatic heterocycles. The molecule has 2 aromatic rings. The van der Waals surface area contributed by atoms with Crippen molar-refractivity contribution >= 4 is 44.8 Å². The number of rotatable bonds is 7. The van der Waals surface area contributed by atoms with E-state index in [9.17, 15) is 26.4 Å². The molecule has 1 atom stereocenters. The fourth-order valence-electron chi connectivity index (χ4n) is 2.35. The van der Waals surface area contributed by atoms with Gasteiger partial charge in [-0.05, 0) is 50.2 Å². The molecule has 0 aliphatic carbocycles. The highest BCUT2D eigenvalue weighted by Gasteiger charge is 2.31. The first-order valence-corrected chi connectivity index (χ1v) is 10.7. The first kappa shape index (κ1) is 24.3. The van der Waals surface area contributed by atoms with Gasteiger partial charge in [0.25, 0.3) is 0 Å². The van der Waals surface area contributed by atoms with Crippen LogP contribution in [0.25, 0.3) is 0 Å². The number of alkyl halides is 3. The third-order valence-corrected chi connectivity index (χ3v) is 5.90. The molecule has 1 amide bonds. The first-order valence-electron chi connectivity index (χ1n) is 8.47. The minimum atomic E-state index is -4.64. The van der Waals surface area contributed by atoms with Crippen LogP contribution < -0.4 is 14.8 Å². The second-order valence-electron chi connectivity index (χ2n) is 6.05. The summed E-state index contributed by atoms with van der Waals surface area (Å²) >= 11 is 11.7. The lowest BCUT2D eigenvalue weighted by Crippen LogP contribution is -2.41. The van der Waals surface area contributed by atoms with E-state index in [1.54, 1.807) is 6.92 Å². The summed E-state index contributed by atoms with van der Waals surface area (Å²) in [7, 11) is -4.25. The maximum Gasteiger partial charge on any atom is 0.416 e. The lowest BCUT2D eigenvalue weighted by Gasteiger charge is -2.17. The van der Waals surface area contributed by atoms with Gasteiger partial charge in [-0.2, -0.15) is 17.9 Å². The lowest BCUT2D eigenvalue weighted by molar-refractivity contribution is -0.137. The van der Waals surface area contributed by atoms with Crippen molar-refractivity contribution in [1.82, 2.24) is 4.72 Å². The van der Waals surface area contributed by atoms with Crippen molar-refractivity contribution in [2.45, 2.75) is 31.0 Å². The molecule has 30 heavy (non-hydrogen) atoms. The Kier molecular flexibility index (Phi) is 7.62. The van der Waals surface area contributed by atoms with Crippen LogP contribution in [-0.2, 0) is 21.0 Å². The van der Waals surface area contributed by atoms with Crippen molar-refractivity contribution in [1.29, 1.82) is 0 Å². The minimum absolute atomic E-state index is 0.0305. The van der Waals surface area contributed by atoms with E-state index >= 15 is 0 Å². The molecule has 0 saturated heterocycles. The molecule has 6 nitrogen and oxygen atoms in total. The molecule has 0 aliphatic rings. The average Bonchev–Trinajstić information content (AvgIpc) is 2.63. The van der Waals surface area contributed by atoms with Crippen molar-refractivity contribution in [2.24, 2.45) is 0 Å². The second kappa shape index (κ2) is 9.42. The van der Waals surface area contributed by atoms with Crippen molar-refractivity contribution in [3.63, 3.8) is 0 Å². The number of benzene rings is 2. The highest BCUT2D eigenvalue weighted by molar-refractivity contribution is 7.89. The average molecular weight is 485 g/mol. The highest BCUT2D eigenvalue weighted by atomic mass is 35.5. The number of amides is 1. The predicted octanol–water partition coefficient (Wildman–Crippen LogP) is 4.72. The van der Waals surface area contributed by atoms with Crippen LogP contribution in [0.15, 0.2) is 41.3 Å². The smallest absolute Gasteiger partial charge is 0.416 e. The van der Waals surface area contributed by atoms with Crippen LogP contribution in [-0.4, -0.2) is 27.0 Å². The molecule has 2 aromatic carbocycles. The molecule has 1 unspecified atom stereocenters. The Bertz CT molecular complexity index is 1050. The maximum absolute atomic E-state index is 12.9. The summed E-state index contributed by atoms with van der Waals surface area (Å²) < 4.78 is 71.4. The van der Waals surface area contributed by atoms with Gasteiger partial charge >= 0.3 is 6.18 Å². The largest absolute Gasteiger partial charge is 0.492 e. The SMILES string of the molecule is CCOc1ccc(Cl)cc1S(=O)(=O)NC(C)C(=O)Nc1cc(C(F)(F)F)ccc1Cl. The molecule has 164 valence electrons. The molecule has 0 saturated carbocycles. The molecule has 0 heterocycles. The Labute approximate surface area is 181 Å². The van der Waals surface area contributed by atoms with Crippen LogP contribution in [0.2, 0.25) is 10.0 Å². The van der Waals surface area contributed by atoms with Crippen LogP contribution in [0.4, 0.5) is 18.9 Å². The van der Waals surface area contributed by atoms with E-state index in [1.165, 1.54) is 19.1 Å². The topological polar surface area (TPSA) is 84.5 Å². The van der Waals surface area contributed by atoms with Crippen molar-refractivity contribution in [3.8, 4) is 5.75 Å². The summed E-state index contributed by atoms with van der Waals surface area (Å²) in [6.07, 6.45) is -4.64. The van der Waals surface area contributed by atoms with Gasteiger partial charge in [0.1, 0.15) is 10.6 Å². The fourth-order valence-corrected chi connectivity index (χ4v) is 4.13. The molecule has 0 fully saturated rings. The summed E-state index contributed by atoms with van der Waals surface area (Å²) in [4.78, 5) is 12.1. The Morgan fingerprint density at radius 2 is 1.83 bits per heavy atom. The van der Waals surface area contributed by atoms with E-state index in [2.05, 4.69) is 10.0 Å². The Morgan fingerprint density at radius 1 is 1.17 bits per heavy atom. The minimum Gasteiger partial charge on any atom is -0.492 e. The Balaban J connectivity index is 2.23. The summed E-state index contributed by atoms with van der Waals surface area (Å²) in [5.41, 5.74) is -1.32. The van der Waals surface area contributed by atoms with Gasteiger partial charge in [-0.1, -0.05) is 23.2 Å². The van der Waals surface area contributed by atoms with Gasteiger partial charge < -0.3 is 10.1 Å². The Morgan fingerprint density at radius 3 is 2.43 bits per heavy atom. The monoisotopic (exact) mass is 484 g/mol. The number of halogens is 5. The first-order chi connectivity index (χ1) is 13.8. The van der Waals surface area contributed by atoms with Gasteiger partial charge in [-0.3, -0.25) is 4.79 Å². The molecule has 0 radical (unpaired) electrons. The zero-order chi connectivity index (χ0) is 22.7. The molecule has 2 rings (SSSR count). The second-order valence-corrected chi connectivity index (χ2v) is 8.57. The summed E-state index contributed by atoms with van der Waals surface area (Å²) in [5.74, 6) is -0.886. The number of nitrogens with one attached hydrogen (secondary N) is 2. The number of ether oxygens (including phenoxy) is 1. The molecular weight excluding hydrogens is 468 g/mol. The normalized spacial score (nSPS) is 13.0. The molecule has 0 aliphatic heterocycles. The van der Waals surface area contributed by atoms with Gasteiger partial charge in [-0.25, -0.2) is 8.42 Å². The number of carbonyl (C=O) groups is 1. The van der Waals surface area contributed by atoms with Gasteiger partial charge in [0.2, 0.25) is 15.9 Å². The van der Waals surface area contributed by atoms with Crippen LogP contribution >= 0.6 is 23.2 Å². The summed E-state index contributed by atoms with van der Waals surface area (Å²) in [6, 6.07) is 5.02. The van der Waals surface area contributed by atoms with E-state index in [0.717, 1.165) is 18.2 Å². The zero-order valence-corrected chi connectivity index (χ0v) is 18.0. The molecular formula is C18H17Cl2F3N2O4S. The van der Waals surface area contributed by atoms with Crippen LogP contribution in [0.3, 0.4) is 0 Å². The molecule has 12 heteroatoms. The number of sulfonamides is 1. The quantitative estimate of drug-likeness (QED) is 0.595. The van der Waals surface area contributed by atoms with Gasteiger partial charge in [-0.15, -0.1) is 0 Å². The number of hydrogen-bond donors (Lipinski definition) is 2. The molecule has 0 bridgehead atoms. The zero-order valence-electron chi connectivity index (χ0n) is 15.7. The summed E-state index contributed by atoms with van der Waals surface area (Å²) in [5, 5.41) is 2.18. The van der Waals surface area contributed by atoms with Crippen LogP contribution in [0.5, 0.6) is 5.75 Å². The Hall–Kier alpha value is -2.01.